The van der Waals surface area contributed by atoms with Crippen LogP contribution in [0.5, 0.6) is 0 Å². The maximum absolute atomic E-state index is 13.0. The number of nitrogens with zero attached hydrogens (tertiary/aromatic N) is 4. The lowest BCUT2D eigenvalue weighted by Crippen LogP contribution is -2.62. The highest BCUT2D eigenvalue weighted by Crippen LogP contribution is 2.49. The van der Waals surface area contributed by atoms with Gasteiger partial charge in [-0.2, -0.15) is 10.4 Å². The van der Waals surface area contributed by atoms with Gasteiger partial charge in [0.25, 0.3) is 5.91 Å². The molecule has 3 unspecified atom stereocenters. The van der Waals surface area contributed by atoms with Crippen LogP contribution in [-0.4, -0.2) is 39.6 Å². The summed E-state index contributed by atoms with van der Waals surface area (Å²) in [7, 11) is 0. The number of primary amides is 1. The minimum Gasteiger partial charge on any atom is -0.365 e. The molecule has 9 heteroatoms. The quantitative estimate of drug-likeness (QED) is 0.693. The van der Waals surface area contributed by atoms with E-state index in [1.54, 1.807) is 35.1 Å². The molecule has 3 fully saturated rings. The number of carbonyl (C=O) groups excluding carboxylic acids is 2. The van der Waals surface area contributed by atoms with E-state index in [0.717, 1.165) is 18.8 Å². The van der Waals surface area contributed by atoms with Crippen molar-refractivity contribution in [1.82, 2.24) is 14.7 Å². The molecule has 2 aliphatic carbocycles. The van der Waals surface area contributed by atoms with Crippen LogP contribution in [0.15, 0.2) is 30.5 Å². The normalized spacial score (nSPS) is 25.6. The molecular formula is C24H27ClN6O2. The lowest BCUT2D eigenvalue weighted by molar-refractivity contribution is -0.155. The van der Waals surface area contributed by atoms with Crippen LogP contribution in [0, 0.1) is 28.6 Å². The van der Waals surface area contributed by atoms with Gasteiger partial charge in [-0.15, -0.1) is 0 Å². The van der Waals surface area contributed by atoms with Gasteiger partial charge in [-0.25, -0.2) is 0 Å². The van der Waals surface area contributed by atoms with Crippen molar-refractivity contribution in [3.05, 3.63) is 41.0 Å². The number of rotatable bonds is 5. The molecule has 8 nitrogen and oxygen atoms in total. The molecule has 33 heavy (non-hydrogen) atoms. The molecule has 1 aromatic heterocycles. The van der Waals surface area contributed by atoms with Crippen LogP contribution < -0.4 is 11.1 Å². The Morgan fingerprint density at radius 2 is 1.94 bits per heavy atom. The number of nitrogens with one attached hydrogen (secondary N) is 1. The first-order valence-electron chi connectivity index (χ1n) is 11.5. The maximum Gasteiger partial charge on any atom is 0.254 e. The lowest BCUT2D eigenvalue weighted by Gasteiger charge is -2.56. The van der Waals surface area contributed by atoms with E-state index in [0.29, 0.717) is 35.5 Å². The minimum atomic E-state index is -0.599. The van der Waals surface area contributed by atoms with Crippen LogP contribution in [0.4, 0.5) is 11.5 Å². The molecule has 2 saturated carbocycles. The number of carbonyl (C=O) groups is 2. The fraction of sp³-hybridized carbons (Fsp3) is 0.500. The van der Waals surface area contributed by atoms with E-state index in [9.17, 15) is 14.9 Å². The van der Waals surface area contributed by atoms with Crippen molar-refractivity contribution in [3.8, 4) is 6.07 Å². The molecule has 3 atom stereocenters. The SMILES string of the molecule is N#CC1CC(C(=O)N2CC3(CCC3)C2)CCC1n1cc(C(N)=O)c(Nc2ccc(Cl)cc2)n1. The van der Waals surface area contributed by atoms with Gasteiger partial charge in [0.05, 0.1) is 18.0 Å². The van der Waals surface area contributed by atoms with E-state index in [1.807, 2.05) is 4.90 Å². The van der Waals surface area contributed by atoms with E-state index in [1.165, 1.54) is 19.3 Å². The Morgan fingerprint density at radius 1 is 1.21 bits per heavy atom. The Hall–Kier alpha value is -3.05. The number of likely N-dealkylation sites (tertiary alicyclic amines) is 1. The topological polar surface area (TPSA) is 117 Å². The average Bonchev–Trinajstić information content (AvgIpc) is 3.16. The second kappa shape index (κ2) is 8.38. The zero-order valence-electron chi connectivity index (χ0n) is 18.3. The molecule has 2 amide bonds. The third-order valence-corrected chi connectivity index (χ3v) is 7.80. The molecule has 5 rings (SSSR count). The summed E-state index contributed by atoms with van der Waals surface area (Å²) in [6.45, 7) is 1.76. The van der Waals surface area contributed by atoms with Gasteiger partial charge in [-0.3, -0.25) is 14.3 Å². The number of nitrogens with two attached hydrogens (primary N) is 1. The first kappa shape index (κ1) is 21.8. The third kappa shape index (κ3) is 4.06. The number of aromatic nitrogens is 2. The highest BCUT2D eigenvalue weighted by atomic mass is 35.5. The predicted octanol–water partition coefficient (Wildman–Crippen LogP) is 3.87. The maximum atomic E-state index is 13.0. The molecule has 2 aromatic rings. The summed E-state index contributed by atoms with van der Waals surface area (Å²) < 4.78 is 1.67. The Balaban J connectivity index is 1.29. The second-order valence-corrected chi connectivity index (χ2v) is 10.2. The predicted molar refractivity (Wildman–Crippen MR) is 124 cm³/mol. The number of amides is 2. The number of benzene rings is 1. The van der Waals surface area contributed by atoms with Crippen LogP contribution in [0.25, 0.3) is 0 Å². The van der Waals surface area contributed by atoms with Gasteiger partial charge in [0, 0.05) is 41.3 Å². The highest BCUT2D eigenvalue weighted by molar-refractivity contribution is 6.30. The summed E-state index contributed by atoms with van der Waals surface area (Å²) in [5.41, 5.74) is 6.96. The van der Waals surface area contributed by atoms with Crippen molar-refractivity contribution in [2.75, 3.05) is 18.4 Å². The Bertz CT molecular complexity index is 1110. The van der Waals surface area contributed by atoms with Gasteiger partial charge in [-0.05, 0) is 56.4 Å². The van der Waals surface area contributed by atoms with Crippen LogP contribution in [-0.2, 0) is 4.79 Å². The summed E-state index contributed by atoms with van der Waals surface area (Å²) >= 11 is 5.95. The monoisotopic (exact) mass is 466 g/mol. The Labute approximate surface area is 197 Å². The molecule has 3 N–H and O–H groups in total. The highest BCUT2D eigenvalue weighted by Gasteiger charge is 2.50. The van der Waals surface area contributed by atoms with Crippen LogP contribution in [0.2, 0.25) is 5.02 Å². The fourth-order valence-electron chi connectivity index (χ4n) is 5.51. The average molecular weight is 467 g/mol. The van der Waals surface area contributed by atoms with Crippen molar-refractivity contribution in [2.24, 2.45) is 23.0 Å². The number of nitriles is 1. The molecule has 2 heterocycles. The Kier molecular flexibility index (Phi) is 5.53. The first-order chi connectivity index (χ1) is 15.9. The zero-order valence-corrected chi connectivity index (χ0v) is 19.1. The Morgan fingerprint density at radius 3 is 2.55 bits per heavy atom. The van der Waals surface area contributed by atoms with Gasteiger partial charge >= 0.3 is 0 Å². The molecule has 172 valence electrons. The molecule has 3 aliphatic rings. The van der Waals surface area contributed by atoms with Crippen molar-refractivity contribution < 1.29 is 9.59 Å². The fourth-order valence-corrected chi connectivity index (χ4v) is 5.63. The van der Waals surface area contributed by atoms with Gasteiger partial charge < -0.3 is 16.0 Å². The standard InChI is InChI=1S/C24H27ClN6O2/c25-17-3-5-18(6-4-17)28-22-19(21(27)32)12-31(29-22)20-7-2-15(10-16(20)11-26)23(33)30-13-24(14-30)8-1-9-24/h3-6,12,15-16,20H,1-2,7-10,13-14H2,(H2,27,32)(H,28,29). The largest absolute Gasteiger partial charge is 0.365 e. The molecular weight excluding hydrogens is 440 g/mol. The lowest BCUT2D eigenvalue weighted by atomic mass is 9.63. The van der Waals surface area contributed by atoms with Gasteiger partial charge in [-0.1, -0.05) is 18.0 Å². The van der Waals surface area contributed by atoms with E-state index >= 15 is 0 Å². The van der Waals surface area contributed by atoms with Crippen molar-refractivity contribution in [3.63, 3.8) is 0 Å². The van der Waals surface area contributed by atoms with Crippen LogP contribution in [0.1, 0.15) is 54.9 Å². The summed E-state index contributed by atoms with van der Waals surface area (Å²) in [6, 6.07) is 9.20. The third-order valence-electron chi connectivity index (χ3n) is 7.55. The first-order valence-corrected chi connectivity index (χ1v) is 11.9. The van der Waals surface area contributed by atoms with Crippen molar-refractivity contribution in [2.45, 2.75) is 44.6 Å². The van der Waals surface area contributed by atoms with Crippen molar-refractivity contribution in [1.29, 1.82) is 5.26 Å². The molecule has 0 radical (unpaired) electrons. The number of hydrogen-bond donors (Lipinski definition) is 2. The molecule has 0 bridgehead atoms. The van der Waals surface area contributed by atoms with Gasteiger partial charge in [0.15, 0.2) is 5.82 Å². The summed E-state index contributed by atoms with van der Waals surface area (Å²) in [4.78, 5) is 27.0. The van der Waals surface area contributed by atoms with Crippen LogP contribution >= 0.6 is 11.6 Å². The molecule has 1 spiro atoms. The van der Waals surface area contributed by atoms with Gasteiger partial charge in [0.1, 0.15) is 5.56 Å². The zero-order chi connectivity index (χ0) is 23.2. The van der Waals surface area contributed by atoms with E-state index < -0.39 is 5.91 Å². The summed E-state index contributed by atoms with van der Waals surface area (Å²) in [5.74, 6) is -0.560. The second-order valence-electron chi connectivity index (χ2n) is 9.73. The number of halogens is 1. The smallest absolute Gasteiger partial charge is 0.254 e. The van der Waals surface area contributed by atoms with E-state index in [2.05, 4.69) is 16.5 Å². The number of anilines is 2. The van der Waals surface area contributed by atoms with Crippen LogP contribution in [0.3, 0.4) is 0 Å². The van der Waals surface area contributed by atoms with E-state index in [4.69, 9.17) is 17.3 Å². The molecule has 1 aromatic carbocycles. The molecule has 1 aliphatic heterocycles. The summed E-state index contributed by atoms with van der Waals surface area (Å²) in [5, 5.41) is 18.2. The number of hydrogen-bond acceptors (Lipinski definition) is 5. The van der Waals surface area contributed by atoms with E-state index in [-0.39, 0.29) is 29.3 Å². The molecule has 1 saturated heterocycles. The van der Waals surface area contributed by atoms with Crippen molar-refractivity contribution >= 4 is 34.9 Å². The van der Waals surface area contributed by atoms with Gasteiger partial charge in [0.2, 0.25) is 5.91 Å². The summed E-state index contributed by atoms with van der Waals surface area (Å²) in [6.07, 6.45) is 7.21. The minimum absolute atomic E-state index is 0.124.